The van der Waals surface area contributed by atoms with Crippen molar-refractivity contribution in [1.82, 2.24) is 5.43 Å². The molecule has 0 aliphatic rings. The monoisotopic (exact) mass is 226 g/mol. The van der Waals surface area contributed by atoms with Crippen LogP contribution in [0, 0.1) is 20.8 Å². The van der Waals surface area contributed by atoms with Gasteiger partial charge in [0.2, 0.25) is 0 Å². The van der Waals surface area contributed by atoms with Crippen molar-refractivity contribution < 1.29 is 9.15 Å². The van der Waals surface area contributed by atoms with Crippen molar-refractivity contribution in [1.29, 1.82) is 0 Å². The summed E-state index contributed by atoms with van der Waals surface area (Å²) in [5, 5.41) is 0. The zero-order chi connectivity index (χ0) is 12.3. The Bertz CT molecular complexity index is 345. The normalized spacial score (nSPS) is 13.4. The van der Waals surface area contributed by atoms with E-state index in [-0.39, 0.29) is 12.1 Å². The summed E-state index contributed by atoms with van der Waals surface area (Å²) in [6, 6.07) is -0.0140. The number of ether oxygens (including phenoxy) is 1. The van der Waals surface area contributed by atoms with E-state index in [0.717, 1.165) is 22.6 Å². The Balaban J connectivity index is 2.86. The van der Waals surface area contributed by atoms with Crippen LogP contribution in [0.3, 0.4) is 0 Å². The largest absolute Gasteiger partial charge is 0.466 e. The van der Waals surface area contributed by atoms with Crippen LogP contribution in [-0.2, 0) is 4.74 Å². The number of nitrogens with two attached hydrogens (primary N) is 1. The quantitative estimate of drug-likeness (QED) is 0.596. The molecule has 0 bridgehead atoms. The molecule has 1 unspecified atom stereocenters. The van der Waals surface area contributed by atoms with Gasteiger partial charge in [-0.05, 0) is 40.2 Å². The highest BCUT2D eigenvalue weighted by molar-refractivity contribution is 5.34. The average molecular weight is 226 g/mol. The lowest BCUT2D eigenvalue weighted by atomic mass is 10.0. The molecular formula is C12H22N2O2. The van der Waals surface area contributed by atoms with Crippen molar-refractivity contribution in [3.63, 3.8) is 0 Å². The number of hydrazine groups is 1. The first kappa shape index (κ1) is 13.2. The first-order valence-electron chi connectivity index (χ1n) is 5.61. The fraction of sp³-hybridized carbons (Fsp3) is 0.667. The maximum atomic E-state index is 5.58. The minimum atomic E-state index is -0.0140. The van der Waals surface area contributed by atoms with Gasteiger partial charge in [-0.2, -0.15) is 0 Å². The van der Waals surface area contributed by atoms with Gasteiger partial charge in [0.15, 0.2) is 0 Å². The molecule has 3 N–H and O–H groups in total. The van der Waals surface area contributed by atoms with E-state index in [2.05, 4.69) is 5.43 Å². The number of nitrogens with one attached hydrogen (secondary N) is 1. The summed E-state index contributed by atoms with van der Waals surface area (Å²) in [5.41, 5.74) is 5.04. The maximum Gasteiger partial charge on any atom is 0.106 e. The van der Waals surface area contributed by atoms with E-state index in [4.69, 9.17) is 15.0 Å². The highest BCUT2D eigenvalue weighted by atomic mass is 16.5. The minimum Gasteiger partial charge on any atom is -0.466 e. The van der Waals surface area contributed by atoms with Crippen LogP contribution >= 0.6 is 0 Å². The second-order valence-corrected chi connectivity index (χ2v) is 4.35. The molecule has 1 heterocycles. The van der Waals surface area contributed by atoms with E-state index in [9.17, 15) is 0 Å². The zero-order valence-electron chi connectivity index (χ0n) is 10.8. The molecule has 0 aliphatic carbocycles. The molecule has 0 spiro atoms. The first-order chi connectivity index (χ1) is 7.47. The van der Waals surface area contributed by atoms with E-state index in [1.165, 1.54) is 0 Å². The van der Waals surface area contributed by atoms with E-state index >= 15 is 0 Å². The topological polar surface area (TPSA) is 60.4 Å². The number of rotatable bonds is 5. The molecule has 16 heavy (non-hydrogen) atoms. The van der Waals surface area contributed by atoms with Gasteiger partial charge >= 0.3 is 0 Å². The van der Waals surface area contributed by atoms with Crippen LogP contribution in [0.25, 0.3) is 0 Å². The predicted octanol–water partition coefficient (Wildman–Crippen LogP) is 2.13. The highest BCUT2D eigenvalue weighted by Gasteiger charge is 2.20. The molecule has 4 nitrogen and oxygen atoms in total. The summed E-state index contributed by atoms with van der Waals surface area (Å²) in [5.74, 6) is 7.42. The lowest BCUT2D eigenvalue weighted by Gasteiger charge is -2.18. The Morgan fingerprint density at radius 2 is 1.88 bits per heavy atom. The van der Waals surface area contributed by atoms with Gasteiger partial charge in [0, 0.05) is 5.56 Å². The van der Waals surface area contributed by atoms with Gasteiger partial charge in [-0.1, -0.05) is 0 Å². The van der Waals surface area contributed by atoms with Crippen LogP contribution < -0.4 is 11.3 Å². The van der Waals surface area contributed by atoms with Gasteiger partial charge in [0.05, 0.1) is 18.8 Å². The second kappa shape index (κ2) is 5.48. The summed E-state index contributed by atoms with van der Waals surface area (Å²) in [4.78, 5) is 0. The Hall–Kier alpha value is -0.840. The molecule has 0 radical (unpaired) electrons. The van der Waals surface area contributed by atoms with Gasteiger partial charge in [-0.25, -0.2) is 0 Å². The van der Waals surface area contributed by atoms with Gasteiger partial charge in [0.1, 0.15) is 11.5 Å². The Morgan fingerprint density at radius 1 is 1.25 bits per heavy atom. The van der Waals surface area contributed by atoms with Crippen molar-refractivity contribution in [2.24, 2.45) is 5.84 Å². The number of aryl methyl sites for hydroxylation is 2. The van der Waals surface area contributed by atoms with Gasteiger partial charge in [-0.3, -0.25) is 11.3 Å². The average Bonchev–Trinajstić information content (AvgIpc) is 2.45. The Labute approximate surface area is 97.1 Å². The van der Waals surface area contributed by atoms with Gasteiger partial charge in [0.25, 0.3) is 0 Å². The van der Waals surface area contributed by atoms with Crippen LogP contribution in [0.2, 0.25) is 0 Å². The SMILES string of the molecule is Cc1oc(C)c(C(COC(C)C)NN)c1C. The summed E-state index contributed by atoms with van der Waals surface area (Å²) < 4.78 is 11.2. The Kier molecular flexibility index (Phi) is 4.53. The Morgan fingerprint density at radius 3 is 2.25 bits per heavy atom. The molecule has 1 aromatic heterocycles. The molecule has 1 atom stereocenters. The molecule has 0 amide bonds. The number of hydrogen-bond acceptors (Lipinski definition) is 4. The maximum absolute atomic E-state index is 5.58. The fourth-order valence-corrected chi connectivity index (χ4v) is 1.83. The third-order valence-corrected chi connectivity index (χ3v) is 2.76. The van der Waals surface area contributed by atoms with E-state index in [1.807, 2.05) is 34.6 Å². The van der Waals surface area contributed by atoms with E-state index in [0.29, 0.717) is 6.61 Å². The molecule has 0 saturated carbocycles. The van der Waals surface area contributed by atoms with Crippen LogP contribution in [0.1, 0.15) is 42.5 Å². The number of furan rings is 1. The minimum absolute atomic E-state index is 0.0140. The summed E-state index contributed by atoms with van der Waals surface area (Å²) in [6.45, 7) is 10.5. The fourth-order valence-electron chi connectivity index (χ4n) is 1.83. The zero-order valence-corrected chi connectivity index (χ0v) is 10.8. The van der Waals surface area contributed by atoms with E-state index < -0.39 is 0 Å². The van der Waals surface area contributed by atoms with Gasteiger partial charge < -0.3 is 9.15 Å². The predicted molar refractivity (Wildman–Crippen MR) is 64.1 cm³/mol. The van der Waals surface area contributed by atoms with Crippen LogP contribution in [0.4, 0.5) is 0 Å². The van der Waals surface area contributed by atoms with Crippen LogP contribution in [0.5, 0.6) is 0 Å². The lowest BCUT2D eigenvalue weighted by molar-refractivity contribution is 0.0607. The van der Waals surface area contributed by atoms with Crippen molar-refractivity contribution >= 4 is 0 Å². The smallest absolute Gasteiger partial charge is 0.106 e. The first-order valence-corrected chi connectivity index (χ1v) is 5.61. The van der Waals surface area contributed by atoms with Crippen molar-refractivity contribution in [3.05, 3.63) is 22.6 Å². The van der Waals surface area contributed by atoms with Crippen molar-refractivity contribution in [3.8, 4) is 0 Å². The standard InChI is InChI=1S/C12H22N2O2/c1-7(2)15-6-11(14-13)12-8(3)9(4)16-10(12)5/h7,11,14H,6,13H2,1-5H3. The molecule has 4 heteroatoms. The molecule has 0 aliphatic heterocycles. The molecule has 0 aromatic carbocycles. The molecule has 92 valence electrons. The summed E-state index contributed by atoms with van der Waals surface area (Å²) in [6.07, 6.45) is 0.199. The number of hydrogen-bond donors (Lipinski definition) is 2. The third-order valence-electron chi connectivity index (χ3n) is 2.76. The van der Waals surface area contributed by atoms with Crippen molar-refractivity contribution in [2.45, 2.75) is 46.8 Å². The molecular weight excluding hydrogens is 204 g/mol. The van der Waals surface area contributed by atoms with E-state index in [1.54, 1.807) is 0 Å². The summed E-state index contributed by atoms with van der Waals surface area (Å²) in [7, 11) is 0. The molecule has 0 saturated heterocycles. The second-order valence-electron chi connectivity index (χ2n) is 4.35. The lowest BCUT2D eigenvalue weighted by Crippen LogP contribution is -2.32. The highest BCUT2D eigenvalue weighted by Crippen LogP contribution is 2.27. The molecule has 1 aromatic rings. The molecule has 1 rings (SSSR count). The summed E-state index contributed by atoms with van der Waals surface area (Å²) >= 11 is 0. The van der Waals surface area contributed by atoms with Crippen LogP contribution in [0.15, 0.2) is 4.42 Å². The van der Waals surface area contributed by atoms with Crippen LogP contribution in [-0.4, -0.2) is 12.7 Å². The van der Waals surface area contributed by atoms with Gasteiger partial charge in [-0.15, -0.1) is 0 Å². The third kappa shape index (κ3) is 2.84. The van der Waals surface area contributed by atoms with Crippen molar-refractivity contribution in [2.75, 3.05) is 6.61 Å². The molecule has 0 fully saturated rings.